The van der Waals surface area contributed by atoms with Crippen molar-refractivity contribution < 1.29 is 5.11 Å². The average molecular weight is 294 g/mol. The van der Waals surface area contributed by atoms with Crippen molar-refractivity contribution in [3.8, 4) is 17.1 Å². The van der Waals surface area contributed by atoms with Crippen molar-refractivity contribution in [2.24, 2.45) is 0 Å². The molecule has 0 saturated carbocycles. The Morgan fingerprint density at radius 1 is 1.05 bits per heavy atom. The third-order valence-corrected chi connectivity index (χ3v) is 4.12. The van der Waals surface area contributed by atoms with E-state index in [9.17, 15) is 5.11 Å². The normalized spacial score (nSPS) is 15.4. The summed E-state index contributed by atoms with van der Waals surface area (Å²) in [6.07, 6.45) is 3.97. The molecule has 1 aliphatic rings. The van der Waals surface area contributed by atoms with Crippen LogP contribution in [-0.4, -0.2) is 40.7 Å². The molecular weight excluding hydrogens is 276 g/mol. The van der Waals surface area contributed by atoms with E-state index in [1.165, 1.54) is 5.69 Å². The highest BCUT2D eigenvalue weighted by Crippen LogP contribution is 2.24. The van der Waals surface area contributed by atoms with Gasteiger partial charge < -0.3 is 15.3 Å². The fraction of sp³-hybridized carbons (Fsp3) is 0.235. The van der Waals surface area contributed by atoms with Crippen LogP contribution in [0.1, 0.15) is 0 Å². The predicted octanol–water partition coefficient (Wildman–Crippen LogP) is 2.12. The third-order valence-electron chi connectivity index (χ3n) is 4.12. The lowest BCUT2D eigenvalue weighted by molar-refractivity contribution is 0.475. The molecule has 2 aromatic heterocycles. The largest absolute Gasteiger partial charge is 0.508 e. The number of phenols is 1. The van der Waals surface area contributed by atoms with Crippen LogP contribution in [0.4, 0.5) is 5.69 Å². The van der Waals surface area contributed by atoms with E-state index in [4.69, 9.17) is 0 Å². The second-order valence-electron chi connectivity index (χ2n) is 5.55. The van der Waals surface area contributed by atoms with Crippen molar-refractivity contribution in [3.63, 3.8) is 0 Å². The van der Waals surface area contributed by atoms with Gasteiger partial charge in [-0.1, -0.05) is 0 Å². The molecule has 5 nitrogen and oxygen atoms in total. The number of piperazine rings is 1. The average Bonchev–Trinajstić information content (AvgIpc) is 2.99. The molecule has 22 heavy (non-hydrogen) atoms. The number of imidazole rings is 1. The molecule has 1 saturated heterocycles. The summed E-state index contributed by atoms with van der Waals surface area (Å²) in [5, 5.41) is 12.8. The first-order valence-corrected chi connectivity index (χ1v) is 7.53. The van der Waals surface area contributed by atoms with E-state index in [1.54, 1.807) is 12.1 Å². The van der Waals surface area contributed by atoms with Gasteiger partial charge in [-0.25, -0.2) is 4.98 Å². The van der Waals surface area contributed by atoms with Gasteiger partial charge in [0.25, 0.3) is 0 Å². The van der Waals surface area contributed by atoms with Gasteiger partial charge in [-0.15, -0.1) is 0 Å². The van der Waals surface area contributed by atoms with Gasteiger partial charge in [-0.3, -0.25) is 4.40 Å². The van der Waals surface area contributed by atoms with Crippen LogP contribution >= 0.6 is 0 Å². The van der Waals surface area contributed by atoms with E-state index in [0.717, 1.165) is 43.1 Å². The molecule has 0 atom stereocenters. The molecule has 4 rings (SSSR count). The molecule has 112 valence electrons. The fourth-order valence-corrected chi connectivity index (χ4v) is 2.93. The molecule has 0 unspecified atom stereocenters. The number of aromatic hydroxyl groups is 1. The minimum atomic E-state index is 0.269. The van der Waals surface area contributed by atoms with Crippen LogP contribution < -0.4 is 10.2 Å². The molecule has 0 bridgehead atoms. The van der Waals surface area contributed by atoms with Crippen LogP contribution in [-0.2, 0) is 0 Å². The van der Waals surface area contributed by atoms with Crippen molar-refractivity contribution in [3.05, 3.63) is 48.8 Å². The highest BCUT2D eigenvalue weighted by Gasteiger charge is 2.12. The Hall–Kier alpha value is -2.53. The molecule has 0 radical (unpaired) electrons. The first-order chi connectivity index (χ1) is 10.8. The van der Waals surface area contributed by atoms with Gasteiger partial charge in [0.05, 0.1) is 11.7 Å². The SMILES string of the molecule is Oc1ccc(-c2ncc3cc(N4CCNCC4)ccn23)cc1. The van der Waals surface area contributed by atoms with Gasteiger partial charge in [0.2, 0.25) is 0 Å². The number of nitrogens with zero attached hydrogens (tertiary/aromatic N) is 3. The Labute approximate surface area is 128 Å². The van der Waals surface area contributed by atoms with Crippen molar-refractivity contribution in [1.82, 2.24) is 14.7 Å². The van der Waals surface area contributed by atoms with Crippen molar-refractivity contribution in [1.29, 1.82) is 0 Å². The number of hydrogen-bond acceptors (Lipinski definition) is 4. The lowest BCUT2D eigenvalue weighted by Gasteiger charge is -2.29. The highest BCUT2D eigenvalue weighted by molar-refractivity contribution is 5.67. The van der Waals surface area contributed by atoms with Gasteiger partial charge >= 0.3 is 0 Å². The number of anilines is 1. The first-order valence-electron chi connectivity index (χ1n) is 7.53. The van der Waals surface area contributed by atoms with Gasteiger partial charge in [0, 0.05) is 43.6 Å². The number of benzene rings is 1. The summed E-state index contributed by atoms with van der Waals surface area (Å²) >= 11 is 0. The molecule has 0 amide bonds. The second-order valence-corrected chi connectivity index (χ2v) is 5.55. The lowest BCUT2D eigenvalue weighted by Crippen LogP contribution is -2.43. The van der Waals surface area contributed by atoms with E-state index in [-0.39, 0.29) is 5.75 Å². The quantitative estimate of drug-likeness (QED) is 0.760. The van der Waals surface area contributed by atoms with Crippen LogP contribution in [0.25, 0.3) is 16.9 Å². The van der Waals surface area contributed by atoms with E-state index >= 15 is 0 Å². The molecule has 3 aromatic rings. The maximum absolute atomic E-state index is 9.41. The molecule has 1 aliphatic heterocycles. The van der Waals surface area contributed by atoms with Gasteiger partial charge in [0.1, 0.15) is 11.6 Å². The summed E-state index contributed by atoms with van der Waals surface area (Å²) in [5.74, 6) is 1.16. The Bertz CT molecular complexity index is 788. The minimum absolute atomic E-state index is 0.269. The smallest absolute Gasteiger partial charge is 0.144 e. The van der Waals surface area contributed by atoms with Crippen LogP contribution in [0, 0.1) is 0 Å². The number of pyridine rings is 1. The van der Waals surface area contributed by atoms with Crippen molar-refractivity contribution >= 4 is 11.2 Å². The molecule has 1 fully saturated rings. The molecule has 0 spiro atoms. The molecule has 5 heteroatoms. The number of fused-ring (bicyclic) bond motifs is 1. The Kier molecular flexibility index (Phi) is 3.20. The number of phenolic OH excluding ortho intramolecular Hbond substituents is 1. The topological polar surface area (TPSA) is 52.8 Å². The van der Waals surface area contributed by atoms with E-state index < -0.39 is 0 Å². The summed E-state index contributed by atoms with van der Waals surface area (Å²) in [6, 6.07) is 11.5. The molecule has 2 N–H and O–H groups in total. The maximum Gasteiger partial charge on any atom is 0.144 e. The fourth-order valence-electron chi connectivity index (χ4n) is 2.93. The summed E-state index contributed by atoms with van der Waals surface area (Å²) in [6.45, 7) is 4.14. The van der Waals surface area contributed by atoms with Crippen LogP contribution in [0.5, 0.6) is 5.75 Å². The summed E-state index contributed by atoms with van der Waals surface area (Å²) in [7, 11) is 0. The van der Waals surface area contributed by atoms with Gasteiger partial charge in [-0.05, 0) is 36.4 Å². The molecule has 3 heterocycles. The van der Waals surface area contributed by atoms with Crippen LogP contribution in [0.2, 0.25) is 0 Å². The van der Waals surface area contributed by atoms with Crippen LogP contribution in [0.3, 0.4) is 0 Å². The first kappa shape index (κ1) is 13.2. The minimum Gasteiger partial charge on any atom is -0.508 e. The van der Waals surface area contributed by atoms with Crippen molar-refractivity contribution in [2.75, 3.05) is 31.1 Å². The van der Waals surface area contributed by atoms with Crippen molar-refractivity contribution in [2.45, 2.75) is 0 Å². The Morgan fingerprint density at radius 3 is 2.59 bits per heavy atom. The molecular formula is C17H18N4O. The van der Waals surface area contributed by atoms with E-state index in [2.05, 4.69) is 37.9 Å². The molecule has 1 aromatic carbocycles. The molecule has 0 aliphatic carbocycles. The summed E-state index contributed by atoms with van der Waals surface area (Å²) < 4.78 is 2.08. The predicted molar refractivity (Wildman–Crippen MR) is 87.4 cm³/mol. The summed E-state index contributed by atoms with van der Waals surface area (Å²) in [4.78, 5) is 6.92. The number of nitrogens with one attached hydrogen (secondary N) is 1. The zero-order valence-corrected chi connectivity index (χ0v) is 12.2. The third kappa shape index (κ3) is 2.29. The standard InChI is InChI=1S/C17H18N4O/c22-16-3-1-13(2-4-16)17-19-12-15-11-14(5-8-21(15)17)20-9-6-18-7-10-20/h1-5,8,11-12,18,22H,6-7,9-10H2. The van der Waals surface area contributed by atoms with E-state index in [1.807, 2.05) is 18.3 Å². The maximum atomic E-state index is 9.41. The number of rotatable bonds is 2. The Balaban J connectivity index is 1.72. The zero-order valence-electron chi connectivity index (χ0n) is 12.2. The lowest BCUT2D eigenvalue weighted by atomic mass is 10.2. The highest BCUT2D eigenvalue weighted by atomic mass is 16.3. The summed E-state index contributed by atoms with van der Waals surface area (Å²) in [5.41, 5.74) is 3.32. The number of hydrogen-bond donors (Lipinski definition) is 2. The second kappa shape index (κ2) is 5.35. The Morgan fingerprint density at radius 2 is 1.82 bits per heavy atom. The van der Waals surface area contributed by atoms with Gasteiger partial charge in [0.15, 0.2) is 0 Å². The number of aromatic nitrogens is 2. The zero-order chi connectivity index (χ0) is 14.9. The van der Waals surface area contributed by atoms with E-state index in [0.29, 0.717) is 0 Å². The monoisotopic (exact) mass is 294 g/mol. The van der Waals surface area contributed by atoms with Crippen LogP contribution in [0.15, 0.2) is 48.8 Å². The van der Waals surface area contributed by atoms with Gasteiger partial charge in [-0.2, -0.15) is 0 Å².